The maximum atomic E-state index is 13.8. The molecule has 2 aromatic rings. The normalized spacial score (nSPS) is 10.5. The average Bonchev–Trinajstić information content (AvgIpc) is 2.39. The first-order chi connectivity index (χ1) is 9.13. The Hall–Kier alpha value is -1.29. The maximum Gasteiger partial charge on any atom is 0.184 e. The average molecular weight is 300 g/mol. The van der Waals surface area contributed by atoms with Crippen LogP contribution in [-0.2, 0) is 6.54 Å². The van der Waals surface area contributed by atoms with Crippen LogP contribution in [0.3, 0.4) is 0 Å². The lowest BCUT2D eigenvalue weighted by atomic mass is 10.2. The summed E-state index contributed by atoms with van der Waals surface area (Å²) in [6, 6.07) is 9.86. The van der Waals surface area contributed by atoms with Gasteiger partial charge in [0.1, 0.15) is 5.75 Å². The third-order valence-electron chi connectivity index (χ3n) is 2.57. The van der Waals surface area contributed by atoms with Gasteiger partial charge in [-0.3, -0.25) is 0 Å². The van der Waals surface area contributed by atoms with E-state index in [4.69, 9.17) is 27.9 Å². The van der Waals surface area contributed by atoms with Gasteiger partial charge in [-0.1, -0.05) is 35.3 Å². The highest BCUT2D eigenvalue weighted by Crippen LogP contribution is 2.33. The second-order valence-electron chi connectivity index (χ2n) is 3.90. The summed E-state index contributed by atoms with van der Waals surface area (Å²) < 4.78 is 19.4. The molecule has 0 aliphatic carbocycles. The van der Waals surface area contributed by atoms with Crippen molar-refractivity contribution in [2.75, 3.05) is 7.05 Å². The molecule has 0 amide bonds. The molecule has 0 aromatic heterocycles. The van der Waals surface area contributed by atoms with E-state index in [1.807, 2.05) is 0 Å². The SMILES string of the molecule is CNCc1c(Cl)cccc1Oc1cccc(Cl)c1F. The minimum atomic E-state index is -0.584. The molecule has 1 N–H and O–H groups in total. The van der Waals surface area contributed by atoms with Crippen LogP contribution in [0.2, 0.25) is 10.0 Å². The number of rotatable bonds is 4. The quantitative estimate of drug-likeness (QED) is 0.888. The van der Waals surface area contributed by atoms with Crippen LogP contribution in [0.4, 0.5) is 4.39 Å². The molecule has 0 radical (unpaired) electrons. The molecule has 5 heteroatoms. The van der Waals surface area contributed by atoms with Crippen LogP contribution < -0.4 is 10.1 Å². The minimum Gasteiger partial charge on any atom is -0.454 e. The van der Waals surface area contributed by atoms with Crippen LogP contribution in [0.15, 0.2) is 36.4 Å². The van der Waals surface area contributed by atoms with Crippen LogP contribution in [0, 0.1) is 5.82 Å². The molecule has 0 saturated heterocycles. The molecule has 0 bridgehead atoms. The Morgan fingerprint density at radius 1 is 1.05 bits per heavy atom. The summed E-state index contributed by atoms with van der Waals surface area (Å²) >= 11 is 11.8. The summed E-state index contributed by atoms with van der Waals surface area (Å²) in [6.07, 6.45) is 0. The Morgan fingerprint density at radius 3 is 2.37 bits per heavy atom. The molecule has 0 saturated carbocycles. The van der Waals surface area contributed by atoms with Crippen LogP contribution in [0.1, 0.15) is 5.56 Å². The van der Waals surface area contributed by atoms with Gasteiger partial charge in [0.2, 0.25) is 0 Å². The van der Waals surface area contributed by atoms with Crippen molar-refractivity contribution in [3.8, 4) is 11.5 Å². The Morgan fingerprint density at radius 2 is 1.68 bits per heavy atom. The summed E-state index contributed by atoms with van der Waals surface area (Å²) in [5.41, 5.74) is 0.769. The number of halogens is 3. The van der Waals surface area contributed by atoms with E-state index in [1.165, 1.54) is 12.1 Å². The van der Waals surface area contributed by atoms with E-state index in [1.54, 1.807) is 31.3 Å². The van der Waals surface area contributed by atoms with E-state index < -0.39 is 5.82 Å². The molecule has 0 aliphatic rings. The van der Waals surface area contributed by atoms with Gasteiger partial charge in [0.15, 0.2) is 11.6 Å². The van der Waals surface area contributed by atoms with E-state index in [2.05, 4.69) is 5.32 Å². The Kier molecular flexibility index (Phi) is 4.64. The van der Waals surface area contributed by atoms with Gasteiger partial charge in [0.05, 0.1) is 5.02 Å². The zero-order valence-corrected chi connectivity index (χ0v) is 11.7. The molecule has 2 nitrogen and oxygen atoms in total. The van der Waals surface area contributed by atoms with Crippen LogP contribution in [0.25, 0.3) is 0 Å². The summed E-state index contributed by atoms with van der Waals surface area (Å²) in [6.45, 7) is 0.525. The fraction of sp³-hybridized carbons (Fsp3) is 0.143. The lowest BCUT2D eigenvalue weighted by molar-refractivity contribution is 0.437. The third kappa shape index (κ3) is 3.18. The van der Waals surface area contributed by atoms with E-state index in [0.29, 0.717) is 17.3 Å². The van der Waals surface area contributed by atoms with Crippen LogP contribution in [-0.4, -0.2) is 7.05 Å². The molecule has 2 rings (SSSR count). The summed E-state index contributed by atoms with van der Waals surface area (Å²) in [4.78, 5) is 0. The number of ether oxygens (including phenoxy) is 1. The molecule has 100 valence electrons. The molecule has 19 heavy (non-hydrogen) atoms. The number of hydrogen-bond donors (Lipinski definition) is 1. The first-order valence-corrected chi connectivity index (χ1v) is 6.43. The standard InChI is InChI=1S/C14H12Cl2FNO/c1-18-8-9-10(15)4-2-6-12(9)19-13-7-3-5-11(16)14(13)17/h2-7,18H,8H2,1H3. The van der Waals surface area contributed by atoms with Crippen molar-refractivity contribution in [2.45, 2.75) is 6.54 Å². The Balaban J connectivity index is 2.38. The molecule has 0 fully saturated rings. The summed E-state index contributed by atoms with van der Waals surface area (Å²) in [7, 11) is 1.80. The van der Waals surface area contributed by atoms with Gasteiger partial charge >= 0.3 is 0 Å². The maximum absolute atomic E-state index is 13.8. The second-order valence-corrected chi connectivity index (χ2v) is 4.72. The zero-order chi connectivity index (χ0) is 13.8. The van der Waals surface area contributed by atoms with Crippen molar-refractivity contribution < 1.29 is 9.13 Å². The number of benzene rings is 2. The topological polar surface area (TPSA) is 21.3 Å². The van der Waals surface area contributed by atoms with Gasteiger partial charge < -0.3 is 10.1 Å². The molecule has 0 atom stereocenters. The predicted octanol–water partition coefficient (Wildman–Crippen LogP) is 4.64. The van der Waals surface area contributed by atoms with Gasteiger partial charge in [0, 0.05) is 17.1 Å². The van der Waals surface area contributed by atoms with E-state index in [9.17, 15) is 4.39 Å². The van der Waals surface area contributed by atoms with Crippen molar-refractivity contribution in [2.24, 2.45) is 0 Å². The molecule has 0 unspecified atom stereocenters. The van der Waals surface area contributed by atoms with Crippen molar-refractivity contribution in [1.29, 1.82) is 0 Å². The third-order valence-corrected chi connectivity index (χ3v) is 3.21. The van der Waals surface area contributed by atoms with Crippen molar-refractivity contribution in [3.05, 3.63) is 57.8 Å². The molecule has 2 aromatic carbocycles. The highest BCUT2D eigenvalue weighted by atomic mass is 35.5. The van der Waals surface area contributed by atoms with Crippen LogP contribution >= 0.6 is 23.2 Å². The fourth-order valence-electron chi connectivity index (χ4n) is 1.66. The zero-order valence-electron chi connectivity index (χ0n) is 10.2. The largest absolute Gasteiger partial charge is 0.454 e. The van der Waals surface area contributed by atoms with Crippen LogP contribution in [0.5, 0.6) is 11.5 Å². The number of nitrogens with one attached hydrogen (secondary N) is 1. The highest BCUT2D eigenvalue weighted by Gasteiger charge is 2.12. The number of hydrogen-bond acceptors (Lipinski definition) is 2. The Labute approximate surface area is 121 Å². The van der Waals surface area contributed by atoms with E-state index in [0.717, 1.165) is 5.56 Å². The van der Waals surface area contributed by atoms with Gasteiger partial charge in [-0.2, -0.15) is 0 Å². The van der Waals surface area contributed by atoms with Gasteiger partial charge in [-0.15, -0.1) is 0 Å². The first kappa shape index (κ1) is 14.1. The fourth-order valence-corrected chi connectivity index (χ4v) is 2.06. The molecular formula is C14H12Cl2FNO. The predicted molar refractivity (Wildman–Crippen MR) is 75.7 cm³/mol. The minimum absolute atomic E-state index is 0.0229. The smallest absolute Gasteiger partial charge is 0.184 e. The monoisotopic (exact) mass is 299 g/mol. The summed E-state index contributed by atoms with van der Waals surface area (Å²) in [5, 5.41) is 3.58. The molecular weight excluding hydrogens is 288 g/mol. The molecule has 0 heterocycles. The molecule has 0 spiro atoms. The van der Waals surface area contributed by atoms with Gasteiger partial charge in [0.25, 0.3) is 0 Å². The van der Waals surface area contributed by atoms with Crippen molar-refractivity contribution >= 4 is 23.2 Å². The van der Waals surface area contributed by atoms with Gasteiger partial charge in [-0.05, 0) is 31.3 Å². The summed E-state index contributed by atoms with van der Waals surface area (Å²) in [5.74, 6) is -0.00492. The molecule has 0 aliphatic heterocycles. The lowest BCUT2D eigenvalue weighted by Gasteiger charge is -2.13. The van der Waals surface area contributed by atoms with Crippen molar-refractivity contribution in [1.82, 2.24) is 5.32 Å². The van der Waals surface area contributed by atoms with E-state index in [-0.39, 0.29) is 10.8 Å². The lowest BCUT2D eigenvalue weighted by Crippen LogP contribution is -2.07. The van der Waals surface area contributed by atoms with Crippen molar-refractivity contribution in [3.63, 3.8) is 0 Å². The van der Waals surface area contributed by atoms with Gasteiger partial charge in [-0.25, -0.2) is 4.39 Å². The highest BCUT2D eigenvalue weighted by molar-refractivity contribution is 6.31. The van der Waals surface area contributed by atoms with E-state index >= 15 is 0 Å². The first-order valence-electron chi connectivity index (χ1n) is 5.67. The second kappa shape index (κ2) is 6.24. The Bertz CT molecular complexity index is 590.